The number of nitrogens with zero attached hydrogens (tertiary/aromatic N) is 1. The molecule has 0 heterocycles. The zero-order valence-electron chi connectivity index (χ0n) is 8.56. The summed E-state index contributed by atoms with van der Waals surface area (Å²) < 4.78 is 0. The Morgan fingerprint density at radius 2 is 1.36 bits per heavy atom. The molecule has 0 saturated heterocycles. The van der Waals surface area contributed by atoms with Crippen molar-refractivity contribution in [2.24, 2.45) is 5.84 Å². The molecule has 0 radical (unpaired) electrons. The van der Waals surface area contributed by atoms with Crippen LogP contribution < -0.4 is 5.84 Å². The standard InChI is InChI=1S/C6H16N2.C2H2O4/c1-3-5-8(7)6-4-2;3-1(4)2(5)6/h3-7H2,1-2H3;(H,3,4)(H,5,6). The van der Waals surface area contributed by atoms with E-state index < -0.39 is 11.9 Å². The Morgan fingerprint density at radius 1 is 1.07 bits per heavy atom. The second-order valence-corrected chi connectivity index (χ2v) is 2.65. The minimum atomic E-state index is -1.82. The van der Waals surface area contributed by atoms with E-state index in [2.05, 4.69) is 13.8 Å². The number of carboxylic acids is 2. The first-order valence-corrected chi connectivity index (χ1v) is 4.41. The molecule has 0 aromatic carbocycles. The summed E-state index contributed by atoms with van der Waals surface area (Å²) in [5, 5.41) is 16.6. The molecule has 6 heteroatoms. The molecule has 0 rings (SSSR count). The van der Waals surface area contributed by atoms with Crippen molar-refractivity contribution in [1.29, 1.82) is 0 Å². The van der Waals surface area contributed by atoms with Crippen LogP contribution in [-0.4, -0.2) is 40.3 Å². The van der Waals surface area contributed by atoms with Crippen molar-refractivity contribution in [2.75, 3.05) is 13.1 Å². The van der Waals surface area contributed by atoms with Gasteiger partial charge in [-0.15, -0.1) is 0 Å². The van der Waals surface area contributed by atoms with Gasteiger partial charge >= 0.3 is 11.9 Å². The summed E-state index contributed by atoms with van der Waals surface area (Å²) in [5.74, 6) is 1.88. The van der Waals surface area contributed by atoms with Crippen molar-refractivity contribution >= 4 is 11.9 Å². The average molecular weight is 206 g/mol. The molecule has 0 aromatic rings. The Balaban J connectivity index is 0. The summed E-state index contributed by atoms with van der Waals surface area (Å²) in [6.07, 6.45) is 2.30. The predicted octanol–water partition coefficient (Wildman–Crippen LogP) is 0.138. The van der Waals surface area contributed by atoms with Crippen LogP contribution in [0.15, 0.2) is 0 Å². The highest BCUT2D eigenvalue weighted by atomic mass is 16.4. The third kappa shape index (κ3) is 13.4. The fraction of sp³-hybridized carbons (Fsp3) is 0.750. The minimum Gasteiger partial charge on any atom is -0.473 e. The number of hydrogen-bond acceptors (Lipinski definition) is 4. The van der Waals surface area contributed by atoms with Gasteiger partial charge in [-0.1, -0.05) is 13.8 Å². The molecule has 0 aromatic heterocycles. The Labute approximate surface area is 83.3 Å². The van der Waals surface area contributed by atoms with Gasteiger partial charge in [0.1, 0.15) is 0 Å². The normalized spacial score (nSPS) is 9.14. The van der Waals surface area contributed by atoms with Crippen LogP contribution in [-0.2, 0) is 9.59 Å². The first-order chi connectivity index (χ1) is 6.45. The Kier molecular flexibility index (Phi) is 10.9. The SMILES string of the molecule is CCCN(N)CCC.O=C(O)C(=O)O. The summed E-state index contributed by atoms with van der Waals surface area (Å²) >= 11 is 0. The van der Waals surface area contributed by atoms with Crippen LogP contribution in [0.1, 0.15) is 26.7 Å². The molecule has 0 unspecified atom stereocenters. The molecule has 0 aliphatic heterocycles. The zero-order chi connectivity index (χ0) is 11.6. The fourth-order valence-corrected chi connectivity index (χ4v) is 0.686. The van der Waals surface area contributed by atoms with Gasteiger partial charge in [-0.3, -0.25) is 5.84 Å². The number of hydrazine groups is 1. The molecular weight excluding hydrogens is 188 g/mol. The van der Waals surface area contributed by atoms with Gasteiger partial charge in [0.2, 0.25) is 0 Å². The Hall–Kier alpha value is -1.14. The number of carboxylic acid groups (broad SMARTS) is 2. The number of rotatable bonds is 4. The van der Waals surface area contributed by atoms with E-state index >= 15 is 0 Å². The number of aliphatic carboxylic acids is 2. The molecule has 0 aliphatic rings. The molecular formula is C8H18N2O4. The van der Waals surface area contributed by atoms with Crippen LogP contribution in [0.4, 0.5) is 0 Å². The van der Waals surface area contributed by atoms with Crippen molar-refractivity contribution in [3.05, 3.63) is 0 Å². The molecule has 0 atom stereocenters. The van der Waals surface area contributed by atoms with Crippen molar-refractivity contribution in [2.45, 2.75) is 26.7 Å². The van der Waals surface area contributed by atoms with E-state index in [0.29, 0.717) is 0 Å². The van der Waals surface area contributed by atoms with Crippen molar-refractivity contribution in [1.82, 2.24) is 5.01 Å². The molecule has 84 valence electrons. The van der Waals surface area contributed by atoms with Gasteiger partial charge < -0.3 is 10.2 Å². The number of hydrogen-bond donors (Lipinski definition) is 3. The fourth-order valence-electron chi connectivity index (χ4n) is 0.686. The van der Waals surface area contributed by atoms with Crippen molar-refractivity contribution in [3.8, 4) is 0 Å². The summed E-state index contributed by atoms with van der Waals surface area (Å²) in [6.45, 7) is 6.31. The lowest BCUT2D eigenvalue weighted by Gasteiger charge is -2.12. The van der Waals surface area contributed by atoms with E-state index in [1.54, 1.807) is 0 Å². The maximum Gasteiger partial charge on any atom is 0.414 e. The first kappa shape index (κ1) is 15.3. The van der Waals surface area contributed by atoms with E-state index in [4.69, 9.17) is 25.6 Å². The Morgan fingerprint density at radius 3 is 1.50 bits per heavy atom. The highest BCUT2D eigenvalue weighted by Gasteiger charge is 2.04. The van der Waals surface area contributed by atoms with E-state index in [1.165, 1.54) is 0 Å². The molecule has 0 amide bonds. The van der Waals surface area contributed by atoms with Gasteiger partial charge in [0.25, 0.3) is 0 Å². The summed E-state index contributed by atoms with van der Waals surface area (Å²) in [4.78, 5) is 18.2. The lowest BCUT2D eigenvalue weighted by atomic mass is 10.4. The highest BCUT2D eigenvalue weighted by Crippen LogP contribution is 1.83. The largest absolute Gasteiger partial charge is 0.473 e. The third-order valence-corrected chi connectivity index (χ3v) is 1.20. The molecule has 14 heavy (non-hydrogen) atoms. The van der Waals surface area contributed by atoms with E-state index in [9.17, 15) is 0 Å². The van der Waals surface area contributed by atoms with E-state index in [-0.39, 0.29) is 0 Å². The maximum atomic E-state index is 9.10. The number of carbonyl (C=O) groups is 2. The van der Waals surface area contributed by atoms with Gasteiger partial charge in [-0.25, -0.2) is 14.6 Å². The highest BCUT2D eigenvalue weighted by molar-refractivity contribution is 6.27. The van der Waals surface area contributed by atoms with Crippen LogP contribution >= 0.6 is 0 Å². The smallest absolute Gasteiger partial charge is 0.414 e. The second kappa shape index (κ2) is 9.94. The molecule has 6 nitrogen and oxygen atoms in total. The third-order valence-electron chi connectivity index (χ3n) is 1.20. The average Bonchev–Trinajstić information content (AvgIpc) is 2.06. The van der Waals surface area contributed by atoms with Crippen LogP contribution in [0.3, 0.4) is 0 Å². The predicted molar refractivity (Wildman–Crippen MR) is 51.6 cm³/mol. The first-order valence-electron chi connectivity index (χ1n) is 4.41. The van der Waals surface area contributed by atoms with E-state index in [0.717, 1.165) is 25.9 Å². The zero-order valence-corrected chi connectivity index (χ0v) is 8.56. The van der Waals surface area contributed by atoms with Gasteiger partial charge in [0.05, 0.1) is 0 Å². The quantitative estimate of drug-likeness (QED) is 0.343. The maximum absolute atomic E-state index is 9.10. The van der Waals surface area contributed by atoms with Crippen molar-refractivity contribution in [3.63, 3.8) is 0 Å². The van der Waals surface area contributed by atoms with Gasteiger partial charge in [0, 0.05) is 13.1 Å². The number of nitrogens with two attached hydrogens (primary N) is 1. The minimum absolute atomic E-state index is 1.02. The lowest BCUT2D eigenvalue weighted by molar-refractivity contribution is -0.159. The van der Waals surface area contributed by atoms with Crippen LogP contribution in [0.5, 0.6) is 0 Å². The molecule has 0 fully saturated rings. The second-order valence-electron chi connectivity index (χ2n) is 2.65. The molecule has 0 bridgehead atoms. The topological polar surface area (TPSA) is 104 Å². The van der Waals surface area contributed by atoms with Crippen LogP contribution in [0, 0.1) is 0 Å². The summed E-state index contributed by atoms with van der Waals surface area (Å²) in [7, 11) is 0. The Bertz CT molecular complexity index is 155. The summed E-state index contributed by atoms with van der Waals surface area (Å²) in [5.41, 5.74) is 0. The lowest BCUT2D eigenvalue weighted by Crippen LogP contribution is -2.32. The van der Waals surface area contributed by atoms with Gasteiger partial charge in [-0.05, 0) is 12.8 Å². The monoisotopic (exact) mass is 206 g/mol. The molecule has 0 spiro atoms. The van der Waals surface area contributed by atoms with Gasteiger partial charge in [-0.2, -0.15) is 0 Å². The molecule has 0 aliphatic carbocycles. The summed E-state index contributed by atoms with van der Waals surface area (Å²) in [6, 6.07) is 0. The van der Waals surface area contributed by atoms with Gasteiger partial charge in [0.15, 0.2) is 0 Å². The molecule has 4 N–H and O–H groups in total. The van der Waals surface area contributed by atoms with Crippen LogP contribution in [0.25, 0.3) is 0 Å². The van der Waals surface area contributed by atoms with Crippen LogP contribution in [0.2, 0.25) is 0 Å². The molecule has 0 saturated carbocycles. The van der Waals surface area contributed by atoms with Crippen molar-refractivity contribution < 1.29 is 19.8 Å². The van der Waals surface area contributed by atoms with E-state index in [1.807, 2.05) is 5.01 Å².